The summed E-state index contributed by atoms with van der Waals surface area (Å²) in [7, 11) is 2.92. The number of ketones is 1. The third-order valence-corrected chi connectivity index (χ3v) is 3.22. The number of rotatable bonds is 7. The second-order valence-electron chi connectivity index (χ2n) is 4.81. The molecule has 126 valence electrons. The SMILES string of the molecule is COc1ccc(OC)c(C(=O)COc2ccc(C)nc2[N+](=O)[O-])c1. The van der Waals surface area contributed by atoms with Gasteiger partial charge in [-0.1, -0.05) is 0 Å². The molecule has 2 aromatic rings. The topological polar surface area (TPSA) is 101 Å². The molecule has 8 heteroatoms. The van der Waals surface area contributed by atoms with E-state index in [4.69, 9.17) is 14.2 Å². The lowest BCUT2D eigenvalue weighted by Crippen LogP contribution is -2.14. The molecule has 0 aliphatic carbocycles. The van der Waals surface area contributed by atoms with Gasteiger partial charge in [-0.25, -0.2) is 0 Å². The van der Waals surface area contributed by atoms with Gasteiger partial charge in [0.15, 0.2) is 6.61 Å². The van der Waals surface area contributed by atoms with E-state index in [1.807, 2.05) is 0 Å². The van der Waals surface area contributed by atoms with Crippen LogP contribution in [-0.4, -0.2) is 36.5 Å². The molecule has 0 saturated heterocycles. The van der Waals surface area contributed by atoms with E-state index >= 15 is 0 Å². The van der Waals surface area contributed by atoms with Gasteiger partial charge in [-0.05, 0) is 40.2 Å². The summed E-state index contributed by atoms with van der Waals surface area (Å²) in [4.78, 5) is 26.5. The van der Waals surface area contributed by atoms with E-state index in [1.54, 1.807) is 25.1 Å². The molecule has 0 amide bonds. The van der Waals surface area contributed by atoms with Crippen molar-refractivity contribution in [2.24, 2.45) is 0 Å². The highest BCUT2D eigenvalue weighted by Gasteiger charge is 2.20. The molecule has 8 nitrogen and oxygen atoms in total. The zero-order valence-corrected chi connectivity index (χ0v) is 13.4. The molecular weight excluding hydrogens is 316 g/mol. The van der Waals surface area contributed by atoms with Crippen molar-refractivity contribution in [3.63, 3.8) is 0 Å². The number of nitrogens with zero attached hydrogens (tertiary/aromatic N) is 2. The lowest BCUT2D eigenvalue weighted by molar-refractivity contribution is -0.390. The predicted octanol–water partition coefficient (Wildman–Crippen LogP) is 2.58. The molecule has 1 heterocycles. The smallest absolute Gasteiger partial charge is 0.406 e. The van der Waals surface area contributed by atoms with Gasteiger partial charge in [-0.2, -0.15) is 0 Å². The lowest BCUT2D eigenvalue weighted by atomic mass is 10.1. The summed E-state index contributed by atoms with van der Waals surface area (Å²) in [6, 6.07) is 7.76. The number of nitro groups is 1. The van der Waals surface area contributed by atoms with Gasteiger partial charge in [0.1, 0.15) is 17.2 Å². The number of benzene rings is 1. The Hall–Kier alpha value is -3.16. The highest BCUT2D eigenvalue weighted by atomic mass is 16.6. The molecule has 0 aliphatic rings. The average molecular weight is 332 g/mol. The molecule has 0 spiro atoms. The number of carbonyl (C=O) groups excluding carboxylic acids is 1. The summed E-state index contributed by atoms with van der Waals surface area (Å²) in [5.41, 5.74) is 0.745. The Balaban J connectivity index is 2.21. The quantitative estimate of drug-likeness (QED) is 0.436. The number of ether oxygens (including phenoxy) is 3. The molecular formula is C16H16N2O6. The van der Waals surface area contributed by atoms with Crippen LogP contribution in [0.15, 0.2) is 30.3 Å². The first kappa shape index (κ1) is 17.2. The van der Waals surface area contributed by atoms with Crippen molar-refractivity contribution < 1.29 is 23.9 Å². The van der Waals surface area contributed by atoms with E-state index in [2.05, 4.69) is 4.98 Å². The van der Waals surface area contributed by atoms with Gasteiger partial charge >= 0.3 is 5.82 Å². The van der Waals surface area contributed by atoms with Crippen LogP contribution >= 0.6 is 0 Å². The molecule has 0 fully saturated rings. The van der Waals surface area contributed by atoms with Crippen molar-refractivity contribution in [2.75, 3.05) is 20.8 Å². The molecule has 0 aliphatic heterocycles. The first-order valence-electron chi connectivity index (χ1n) is 6.96. The second kappa shape index (κ2) is 7.40. The van der Waals surface area contributed by atoms with E-state index in [-0.39, 0.29) is 11.3 Å². The molecule has 0 atom stereocenters. The number of Topliss-reactive ketones (excluding diaryl/α,β-unsaturated/α-hetero) is 1. The maximum absolute atomic E-state index is 12.4. The van der Waals surface area contributed by atoms with E-state index in [1.165, 1.54) is 26.4 Å². The monoisotopic (exact) mass is 332 g/mol. The second-order valence-corrected chi connectivity index (χ2v) is 4.81. The fourth-order valence-corrected chi connectivity index (χ4v) is 2.03. The summed E-state index contributed by atoms with van der Waals surface area (Å²) in [5.74, 6) is -0.0510. The van der Waals surface area contributed by atoms with Crippen LogP contribution < -0.4 is 14.2 Å². The van der Waals surface area contributed by atoms with E-state index in [0.29, 0.717) is 17.2 Å². The first-order valence-corrected chi connectivity index (χ1v) is 6.96. The summed E-state index contributed by atoms with van der Waals surface area (Å²) in [5, 5.41) is 11.0. The standard InChI is InChI=1S/C16H16N2O6/c1-10-4-6-15(16(17-10)18(20)21)24-9-13(19)12-8-11(22-2)5-7-14(12)23-3/h4-8H,9H2,1-3H3. The molecule has 0 bridgehead atoms. The van der Waals surface area contributed by atoms with Gasteiger partial charge in [0.25, 0.3) is 0 Å². The van der Waals surface area contributed by atoms with Crippen molar-refractivity contribution in [3.05, 3.63) is 51.7 Å². The largest absolute Gasteiger partial charge is 0.497 e. The normalized spacial score (nSPS) is 10.1. The van der Waals surface area contributed by atoms with Gasteiger partial charge in [-0.15, -0.1) is 0 Å². The van der Waals surface area contributed by atoms with Crippen molar-refractivity contribution in [3.8, 4) is 17.2 Å². The Morgan fingerprint density at radius 3 is 2.50 bits per heavy atom. The number of aromatic nitrogens is 1. The average Bonchev–Trinajstić information content (AvgIpc) is 2.59. The van der Waals surface area contributed by atoms with Gasteiger partial charge in [-0.3, -0.25) is 4.79 Å². The van der Waals surface area contributed by atoms with Gasteiger partial charge in [0, 0.05) is 6.92 Å². The van der Waals surface area contributed by atoms with Gasteiger partial charge < -0.3 is 24.3 Å². The molecule has 24 heavy (non-hydrogen) atoms. The maximum Gasteiger partial charge on any atom is 0.406 e. The fourth-order valence-electron chi connectivity index (χ4n) is 2.03. The molecule has 0 N–H and O–H groups in total. The first-order chi connectivity index (χ1) is 11.5. The summed E-state index contributed by atoms with van der Waals surface area (Å²) in [6.07, 6.45) is 0. The van der Waals surface area contributed by atoms with Crippen molar-refractivity contribution in [1.29, 1.82) is 0 Å². The van der Waals surface area contributed by atoms with Crippen LogP contribution in [0.5, 0.6) is 17.2 Å². The van der Waals surface area contributed by atoms with Gasteiger partial charge in [0.05, 0.1) is 19.8 Å². The highest BCUT2D eigenvalue weighted by molar-refractivity contribution is 6.00. The molecule has 0 saturated carbocycles. The minimum atomic E-state index is -0.654. The Morgan fingerprint density at radius 1 is 1.17 bits per heavy atom. The number of methoxy groups -OCH3 is 2. The third-order valence-electron chi connectivity index (χ3n) is 3.22. The van der Waals surface area contributed by atoms with Crippen LogP contribution in [0.3, 0.4) is 0 Å². The lowest BCUT2D eigenvalue weighted by Gasteiger charge is -2.10. The number of pyridine rings is 1. The molecule has 1 aromatic heterocycles. The van der Waals surface area contributed by atoms with Crippen molar-refractivity contribution >= 4 is 11.6 Å². The zero-order chi connectivity index (χ0) is 17.7. The Kier molecular flexibility index (Phi) is 5.31. The summed E-state index contributed by atoms with van der Waals surface area (Å²) < 4.78 is 15.5. The van der Waals surface area contributed by atoms with E-state index in [0.717, 1.165) is 0 Å². The Morgan fingerprint density at radius 2 is 1.88 bits per heavy atom. The number of hydrogen-bond acceptors (Lipinski definition) is 7. The minimum Gasteiger partial charge on any atom is -0.497 e. The number of carbonyl (C=O) groups is 1. The minimum absolute atomic E-state index is 0.0687. The summed E-state index contributed by atoms with van der Waals surface area (Å²) >= 11 is 0. The van der Waals surface area contributed by atoms with Crippen LogP contribution in [0.2, 0.25) is 0 Å². The fraction of sp³-hybridized carbons (Fsp3) is 0.250. The molecule has 2 rings (SSSR count). The maximum atomic E-state index is 12.4. The predicted molar refractivity (Wildman–Crippen MR) is 85.0 cm³/mol. The Bertz CT molecular complexity index is 775. The van der Waals surface area contributed by atoms with Crippen LogP contribution in [0.4, 0.5) is 5.82 Å². The molecule has 1 aromatic carbocycles. The Labute approximate surface area is 138 Å². The van der Waals surface area contributed by atoms with Crippen molar-refractivity contribution in [2.45, 2.75) is 6.92 Å². The van der Waals surface area contributed by atoms with Crippen LogP contribution in [0.25, 0.3) is 0 Å². The van der Waals surface area contributed by atoms with Crippen LogP contribution in [0, 0.1) is 17.0 Å². The number of aryl methyl sites for hydroxylation is 1. The van der Waals surface area contributed by atoms with Crippen LogP contribution in [-0.2, 0) is 0 Å². The van der Waals surface area contributed by atoms with E-state index < -0.39 is 23.1 Å². The zero-order valence-electron chi connectivity index (χ0n) is 13.4. The van der Waals surface area contributed by atoms with Crippen molar-refractivity contribution in [1.82, 2.24) is 4.98 Å². The molecule has 0 radical (unpaired) electrons. The number of hydrogen-bond donors (Lipinski definition) is 0. The summed E-state index contributed by atoms with van der Waals surface area (Å²) in [6.45, 7) is 1.23. The highest BCUT2D eigenvalue weighted by Crippen LogP contribution is 2.27. The van der Waals surface area contributed by atoms with Gasteiger partial charge in [0.2, 0.25) is 11.5 Å². The molecule has 0 unspecified atom stereocenters. The van der Waals surface area contributed by atoms with E-state index in [9.17, 15) is 14.9 Å². The van der Waals surface area contributed by atoms with Crippen LogP contribution in [0.1, 0.15) is 16.1 Å². The third kappa shape index (κ3) is 3.78.